The molecule has 0 bridgehead atoms. The number of rotatable bonds is 7. The SMILES string of the molecule is COCCN1CC(Cc2ccc(OC)c(CO)c2)CC1=O. The second kappa shape index (κ2) is 7.43. The number of aliphatic hydroxyl groups is 1. The van der Waals surface area contributed by atoms with Crippen LogP contribution >= 0.6 is 0 Å². The maximum absolute atomic E-state index is 11.9. The highest BCUT2D eigenvalue weighted by molar-refractivity contribution is 5.78. The number of carbonyl (C=O) groups excluding carboxylic acids is 1. The molecule has 1 unspecified atom stereocenters. The Kier molecular flexibility index (Phi) is 5.59. The molecule has 1 N–H and O–H groups in total. The Morgan fingerprint density at radius 2 is 2.19 bits per heavy atom. The van der Waals surface area contributed by atoms with Crippen molar-refractivity contribution in [1.82, 2.24) is 4.90 Å². The first-order valence-electron chi connectivity index (χ1n) is 7.21. The topological polar surface area (TPSA) is 59.0 Å². The molecule has 0 spiro atoms. The Balaban J connectivity index is 1.98. The van der Waals surface area contributed by atoms with E-state index >= 15 is 0 Å². The van der Waals surface area contributed by atoms with Crippen LogP contribution in [0.25, 0.3) is 0 Å². The van der Waals surface area contributed by atoms with Crippen molar-refractivity contribution >= 4 is 5.91 Å². The first-order valence-corrected chi connectivity index (χ1v) is 7.21. The number of amides is 1. The van der Waals surface area contributed by atoms with Gasteiger partial charge < -0.3 is 19.5 Å². The van der Waals surface area contributed by atoms with Crippen molar-refractivity contribution in [3.63, 3.8) is 0 Å². The van der Waals surface area contributed by atoms with Gasteiger partial charge in [0.15, 0.2) is 0 Å². The van der Waals surface area contributed by atoms with Gasteiger partial charge in [-0.1, -0.05) is 6.07 Å². The predicted molar refractivity (Wildman–Crippen MR) is 79.2 cm³/mol. The lowest BCUT2D eigenvalue weighted by Gasteiger charge is -2.16. The summed E-state index contributed by atoms with van der Waals surface area (Å²) in [6.07, 6.45) is 1.43. The van der Waals surface area contributed by atoms with Gasteiger partial charge >= 0.3 is 0 Å². The molecule has 1 atom stereocenters. The molecule has 1 aliphatic rings. The van der Waals surface area contributed by atoms with Crippen LogP contribution in [0.2, 0.25) is 0 Å². The Hall–Kier alpha value is -1.59. The maximum Gasteiger partial charge on any atom is 0.223 e. The predicted octanol–water partition coefficient (Wildman–Crippen LogP) is 1.22. The molecule has 1 heterocycles. The molecule has 21 heavy (non-hydrogen) atoms. The number of hydrogen-bond donors (Lipinski definition) is 1. The second-order valence-corrected chi connectivity index (χ2v) is 5.41. The molecule has 1 saturated heterocycles. The van der Waals surface area contributed by atoms with Crippen molar-refractivity contribution in [3.8, 4) is 5.75 Å². The van der Waals surface area contributed by atoms with E-state index < -0.39 is 0 Å². The molecule has 5 heteroatoms. The fourth-order valence-corrected chi connectivity index (χ4v) is 2.82. The molecule has 1 fully saturated rings. The van der Waals surface area contributed by atoms with Crippen LogP contribution in [0.1, 0.15) is 17.5 Å². The van der Waals surface area contributed by atoms with Crippen molar-refractivity contribution < 1.29 is 19.4 Å². The summed E-state index contributed by atoms with van der Waals surface area (Å²) < 4.78 is 10.2. The van der Waals surface area contributed by atoms with Crippen molar-refractivity contribution in [1.29, 1.82) is 0 Å². The monoisotopic (exact) mass is 293 g/mol. The van der Waals surface area contributed by atoms with Gasteiger partial charge in [-0.25, -0.2) is 0 Å². The number of nitrogens with zero attached hydrogens (tertiary/aromatic N) is 1. The lowest BCUT2D eigenvalue weighted by atomic mass is 9.97. The largest absolute Gasteiger partial charge is 0.496 e. The molecule has 2 rings (SSSR count). The van der Waals surface area contributed by atoms with Gasteiger partial charge in [-0.3, -0.25) is 4.79 Å². The van der Waals surface area contributed by atoms with Crippen LogP contribution in [-0.4, -0.2) is 49.8 Å². The van der Waals surface area contributed by atoms with E-state index in [2.05, 4.69) is 0 Å². The lowest BCUT2D eigenvalue weighted by Crippen LogP contribution is -2.28. The smallest absolute Gasteiger partial charge is 0.223 e. The van der Waals surface area contributed by atoms with Crippen LogP contribution in [0.5, 0.6) is 5.75 Å². The highest BCUT2D eigenvalue weighted by Gasteiger charge is 2.29. The van der Waals surface area contributed by atoms with Gasteiger partial charge in [0.25, 0.3) is 0 Å². The van der Waals surface area contributed by atoms with Crippen LogP contribution in [-0.2, 0) is 22.6 Å². The third kappa shape index (κ3) is 3.95. The Bertz CT molecular complexity index is 489. The molecule has 5 nitrogen and oxygen atoms in total. The van der Waals surface area contributed by atoms with Crippen LogP contribution in [0.15, 0.2) is 18.2 Å². The molecule has 0 aliphatic carbocycles. The Labute approximate surface area is 125 Å². The van der Waals surface area contributed by atoms with Crippen LogP contribution in [0, 0.1) is 5.92 Å². The van der Waals surface area contributed by atoms with E-state index in [0.29, 0.717) is 31.2 Å². The minimum Gasteiger partial charge on any atom is -0.496 e. The third-order valence-electron chi connectivity index (χ3n) is 3.90. The summed E-state index contributed by atoms with van der Waals surface area (Å²) >= 11 is 0. The molecule has 0 aromatic heterocycles. The summed E-state index contributed by atoms with van der Waals surface area (Å²) in [5, 5.41) is 9.36. The quantitative estimate of drug-likeness (QED) is 0.821. The van der Waals surface area contributed by atoms with E-state index in [4.69, 9.17) is 9.47 Å². The van der Waals surface area contributed by atoms with E-state index in [1.54, 1.807) is 14.2 Å². The van der Waals surface area contributed by atoms with Gasteiger partial charge in [-0.05, 0) is 30.0 Å². The van der Waals surface area contributed by atoms with Crippen molar-refractivity contribution in [2.75, 3.05) is 33.9 Å². The van der Waals surface area contributed by atoms with Crippen LogP contribution in [0.4, 0.5) is 0 Å². The summed E-state index contributed by atoms with van der Waals surface area (Å²) in [5.41, 5.74) is 1.92. The molecule has 0 saturated carbocycles. The van der Waals surface area contributed by atoms with E-state index in [-0.39, 0.29) is 12.5 Å². The van der Waals surface area contributed by atoms with Gasteiger partial charge in [-0.2, -0.15) is 0 Å². The van der Waals surface area contributed by atoms with Crippen molar-refractivity contribution in [2.45, 2.75) is 19.4 Å². The van der Waals surface area contributed by atoms with E-state index in [1.807, 2.05) is 23.1 Å². The van der Waals surface area contributed by atoms with E-state index in [1.165, 1.54) is 0 Å². The minimum atomic E-state index is -0.0411. The Morgan fingerprint density at radius 1 is 1.38 bits per heavy atom. The average Bonchev–Trinajstić information content (AvgIpc) is 2.84. The third-order valence-corrected chi connectivity index (χ3v) is 3.90. The zero-order valence-electron chi connectivity index (χ0n) is 12.7. The zero-order chi connectivity index (χ0) is 15.2. The van der Waals surface area contributed by atoms with Crippen molar-refractivity contribution in [2.24, 2.45) is 5.92 Å². The van der Waals surface area contributed by atoms with Gasteiger partial charge in [0.1, 0.15) is 5.75 Å². The fraction of sp³-hybridized carbons (Fsp3) is 0.562. The molecular weight excluding hydrogens is 270 g/mol. The van der Waals surface area contributed by atoms with Gasteiger partial charge in [-0.15, -0.1) is 0 Å². The van der Waals surface area contributed by atoms with Crippen LogP contribution < -0.4 is 4.74 Å². The normalized spacial score (nSPS) is 18.3. The minimum absolute atomic E-state index is 0.0411. The van der Waals surface area contributed by atoms with Crippen molar-refractivity contribution in [3.05, 3.63) is 29.3 Å². The number of methoxy groups -OCH3 is 2. The molecule has 1 amide bonds. The summed E-state index contributed by atoms with van der Waals surface area (Å²) in [5.74, 6) is 1.23. The lowest BCUT2D eigenvalue weighted by molar-refractivity contribution is -0.128. The molecule has 1 aromatic rings. The molecular formula is C16H23NO4. The summed E-state index contributed by atoms with van der Waals surface area (Å²) in [6.45, 7) is 1.98. The zero-order valence-corrected chi connectivity index (χ0v) is 12.7. The number of hydrogen-bond acceptors (Lipinski definition) is 4. The fourth-order valence-electron chi connectivity index (χ4n) is 2.82. The summed E-state index contributed by atoms with van der Waals surface area (Å²) in [6, 6.07) is 5.84. The summed E-state index contributed by atoms with van der Waals surface area (Å²) in [7, 11) is 3.24. The van der Waals surface area contributed by atoms with E-state index in [9.17, 15) is 9.90 Å². The second-order valence-electron chi connectivity index (χ2n) is 5.41. The first-order chi connectivity index (χ1) is 10.2. The van der Waals surface area contributed by atoms with Gasteiger partial charge in [0.2, 0.25) is 5.91 Å². The highest BCUT2D eigenvalue weighted by atomic mass is 16.5. The van der Waals surface area contributed by atoms with Gasteiger partial charge in [0, 0.05) is 32.2 Å². The highest BCUT2D eigenvalue weighted by Crippen LogP contribution is 2.25. The standard InChI is InChI=1S/C16H23NO4/c1-20-6-5-17-10-13(9-16(17)19)7-12-3-4-15(21-2)14(8-12)11-18/h3-4,8,13,18H,5-7,9-11H2,1-2H3. The first kappa shape index (κ1) is 15.8. The Morgan fingerprint density at radius 3 is 2.86 bits per heavy atom. The maximum atomic E-state index is 11.9. The molecule has 1 aromatic carbocycles. The van der Waals surface area contributed by atoms with E-state index in [0.717, 1.165) is 24.1 Å². The number of likely N-dealkylation sites (tertiary alicyclic amines) is 1. The summed E-state index contributed by atoms with van der Waals surface area (Å²) in [4.78, 5) is 13.8. The number of aliphatic hydroxyl groups excluding tert-OH is 1. The molecule has 116 valence electrons. The molecule has 1 aliphatic heterocycles. The molecule has 0 radical (unpaired) electrons. The van der Waals surface area contributed by atoms with Gasteiger partial charge in [0.05, 0.1) is 20.3 Å². The van der Waals surface area contributed by atoms with Crippen LogP contribution in [0.3, 0.4) is 0 Å². The number of benzene rings is 1. The average molecular weight is 293 g/mol. The number of carbonyl (C=O) groups is 1. The number of ether oxygens (including phenoxy) is 2.